The van der Waals surface area contributed by atoms with Gasteiger partial charge >= 0.3 is 5.97 Å². The first-order chi connectivity index (χ1) is 12.7. The molecule has 0 amide bonds. The zero-order chi connectivity index (χ0) is 19.3. The molecule has 0 aliphatic rings. The van der Waals surface area contributed by atoms with E-state index < -0.39 is 0 Å². The molecule has 0 aliphatic carbocycles. The lowest BCUT2D eigenvalue weighted by atomic mass is 10.0. The van der Waals surface area contributed by atoms with Gasteiger partial charge in [-0.15, -0.1) is 0 Å². The van der Waals surface area contributed by atoms with Crippen molar-refractivity contribution in [3.8, 4) is 0 Å². The lowest BCUT2D eigenvalue weighted by molar-refractivity contribution is -0.145. The van der Waals surface area contributed by atoms with E-state index in [9.17, 15) is 4.79 Å². The maximum absolute atomic E-state index is 11.5. The van der Waals surface area contributed by atoms with E-state index >= 15 is 0 Å². The molecule has 0 atom stereocenters. The Morgan fingerprint density at radius 3 is 1.50 bits per heavy atom. The summed E-state index contributed by atoms with van der Waals surface area (Å²) in [7, 11) is 0. The topological polar surface area (TPSA) is 35.5 Å². The number of hydrogen-bond donors (Lipinski definition) is 0. The summed E-state index contributed by atoms with van der Waals surface area (Å²) in [6.07, 6.45) is 20.9. The summed E-state index contributed by atoms with van der Waals surface area (Å²) in [4.78, 5) is 11.5. The first-order valence-electron chi connectivity index (χ1n) is 11.4. The minimum Gasteiger partial charge on any atom is -0.463 e. The zero-order valence-electron chi connectivity index (χ0n) is 18.0. The Kier molecular flexibility index (Phi) is 20.3. The molecule has 0 heterocycles. The van der Waals surface area contributed by atoms with Crippen LogP contribution < -0.4 is 0 Å². The summed E-state index contributed by atoms with van der Waals surface area (Å²) in [5.41, 5.74) is 0. The van der Waals surface area contributed by atoms with Gasteiger partial charge in [0.25, 0.3) is 0 Å². The van der Waals surface area contributed by atoms with E-state index in [1.54, 1.807) is 0 Å². The van der Waals surface area contributed by atoms with E-state index in [0.29, 0.717) is 19.6 Å². The largest absolute Gasteiger partial charge is 0.463 e. The van der Waals surface area contributed by atoms with E-state index in [2.05, 4.69) is 6.92 Å². The molecule has 0 unspecified atom stereocenters. The van der Waals surface area contributed by atoms with Crippen LogP contribution in [0.15, 0.2) is 0 Å². The van der Waals surface area contributed by atoms with Crippen LogP contribution in [0.25, 0.3) is 0 Å². The second-order valence-electron chi connectivity index (χ2n) is 7.84. The van der Waals surface area contributed by atoms with Gasteiger partial charge in [0.1, 0.15) is 6.61 Å². The van der Waals surface area contributed by atoms with E-state index in [-0.39, 0.29) is 12.1 Å². The maximum Gasteiger partial charge on any atom is 0.305 e. The van der Waals surface area contributed by atoms with Crippen LogP contribution >= 0.6 is 0 Å². The Morgan fingerprint density at radius 1 is 0.654 bits per heavy atom. The van der Waals surface area contributed by atoms with Crippen molar-refractivity contribution in [1.29, 1.82) is 0 Å². The van der Waals surface area contributed by atoms with Crippen LogP contribution in [0.2, 0.25) is 0 Å². The van der Waals surface area contributed by atoms with Crippen molar-refractivity contribution in [3.05, 3.63) is 0 Å². The second kappa shape index (κ2) is 20.7. The molecule has 0 rings (SSSR count). The third-order valence-electron chi connectivity index (χ3n) is 4.78. The Bertz CT molecular complexity index is 289. The third kappa shape index (κ3) is 21.5. The van der Waals surface area contributed by atoms with Gasteiger partial charge in [0.2, 0.25) is 0 Å². The van der Waals surface area contributed by atoms with Gasteiger partial charge in [0, 0.05) is 6.42 Å². The summed E-state index contributed by atoms with van der Waals surface area (Å²) >= 11 is 0. The van der Waals surface area contributed by atoms with Crippen LogP contribution in [0, 0.1) is 0 Å². The van der Waals surface area contributed by atoms with Gasteiger partial charge in [-0.05, 0) is 20.3 Å². The Morgan fingerprint density at radius 2 is 1.08 bits per heavy atom. The molecule has 0 spiro atoms. The molecule has 0 fully saturated rings. The summed E-state index contributed by atoms with van der Waals surface area (Å²) in [6, 6.07) is 0. The predicted octanol–water partition coefficient (Wildman–Crippen LogP) is 7.22. The summed E-state index contributed by atoms with van der Waals surface area (Å²) in [6.45, 7) is 7.13. The Balaban J connectivity index is 3.11. The molecule has 0 aliphatic heterocycles. The van der Waals surface area contributed by atoms with Crippen molar-refractivity contribution in [3.63, 3.8) is 0 Å². The molecule has 3 nitrogen and oxygen atoms in total. The van der Waals surface area contributed by atoms with Crippen molar-refractivity contribution in [2.45, 2.75) is 130 Å². The van der Waals surface area contributed by atoms with Gasteiger partial charge in [-0.1, -0.05) is 96.8 Å². The second-order valence-corrected chi connectivity index (χ2v) is 7.84. The van der Waals surface area contributed by atoms with E-state index in [0.717, 1.165) is 12.8 Å². The number of rotatable bonds is 20. The molecule has 0 aromatic carbocycles. The zero-order valence-corrected chi connectivity index (χ0v) is 18.0. The molecule has 26 heavy (non-hydrogen) atoms. The monoisotopic (exact) mass is 370 g/mol. The lowest BCUT2D eigenvalue weighted by Gasteiger charge is -2.08. The van der Waals surface area contributed by atoms with Crippen molar-refractivity contribution in [1.82, 2.24) is 0 Å². The standard InChI is InChI=1S/C23H46O3/c1-4-5-6-7-8-9-10-11-12-13-14-15-16-17-18-19-23(24)26-21-20-25-22(2)3/h22H,4-21H2,1-3H3. The molecule has 0 aromatic heterocycles. The predicted molar refractivity (Wildman–Crippen MR) is 112 cm³/mol. The molecule has 0 aromatic rings. The van der Waals surface area contributed by atoms with Gasteiger partial charge in [0.15, 0.2) is 0 Å². The van der Waals surface area contributed by atoms with Gasteiger partial charge in [-0.25, -0.2) is 0 Å². The molecule has 0 saturated carbocycles. The van der Waals surface area contributed by atoms with Crippen LogP contribution in [-0.4, -0.2) is 25.3 Å². The molecule has 0 bridgehead atoms. The minimum atomic E-state index is -0.0768. The van der Waals surface area contributed by atoms with E-state index in [1.807, 2.05) is 13.8 Å². The van der Waals surface area contributed by atoms with Crippen LogP contribution in [0.1, 0.15) is 124 Å². The molecule has 0 N–H and O–H groups in total. The van der Waals surface area contributed by atoms with Crippen molar-refractivity contribution < 1.29 is 14.3 Å². The van der Waals surface area contributed by atoms with Crippen molar-refractivity contribution >= 4 is 5.97 Å². The number of unbranched alkanes of at least 4 members (excludes halogenated alkanes) is 14. The van der Waals surface area contributed by atoms with Crippen LogP contribution in [0.3, 0.4) is 0 Å². The smallest absolute Gasteiger partial charge is 0.305 e. The van der Waals surface area contributed by atoms with Gasteiger partial charge < -0.3 is 9.47 Å². The summed E-state index contributed by atoms with van der Waals surface area (Å²) in [5.74, 6) is -0.0768. The Hall–Kier alpha value is -0.570. The highest BCUT2D eigenvalue weighted by molar-refractivity contribution is 5.69. The molecular formula is C23H46O3. The average molecular weight is 371 g/mol. The number of carbonyl (C=O) groups is 1. The first kappa shape index (κ1) is 25.4. The van der Waals surface area contributed by atoms with Gasteiger partial charge in [0.05, 0.1) is 12.7 Å². The molecule has 3 heteroatoms. The number of esters is 1. The summed E-state index contributed by atoms with van der Waals surface area (Å²) < 4.78 is 10.5. The lowest BCUT2D eigenvalue weighted by Crippen LogP contribution is -2.13. The highest BCUT2D eigenvalue weighted by Crippen LogP contribution is 2.13. The van der Waals surface area contributed by atoms with Crippen molar-refractivity contribution in [2.24, 2.45) is 0 Å². The number of carbonyl (C=O) groups excluding carboxylic acids is 1. The summed E-state index contributed by atoms with van der Waals surface area (Å²) in [5, 5.41) is 0. The fraction of sp³-hybridized carbons (Fsp3) is 0.957. The van der Waals surface area contributed by atoms with Crippen LogP contribution in [0.4, 0.5) is 0 Å². The van der Waals surface area contributed by atoms with Crippen LogP contribution in [0.5, 0.6) is 0 Å². The highest BCUT2D eigenvalue weighted by atomic mass is 16.6. The van der Waals surface area contributed by atoms with E-state index in [1.165, 1.54) is 83.5 Å². The molecule has 0 radical (unpaired) electrons. The molecule has 156 valence electrons. The minimum absolute atomic E-state index is 0.0768. The average Bonchev–Trinajstić information content (AvgIpc) is 2.62. The number of hydrogen-bond acceptors (Lipinski definition) is 3. The van der Waals surface area contributed by atoms with E-state index in [4.69, 9.17) is 9.47 Å². The van der Waals surface area contributed by atoms with Crippen molar-refractivity contribution in [2.75, 3.05) is 13.2 Å². The first-order valence-corrected chi connectivity index (χ1v) is 11.4. The quantitative estimate of drug-likeness (QED) is 0.168. The number of ether oxygens (including phenoxy) is 2. The Labute approximate surface area is 163 Å². The molecule has 0 saturated heterocycles. The highest BCUT2D eigenvalue weighted by Gasteiger charge is 2.03. The normalized spacial score (nSPS) is 11.2. The SMILES string of the molecule is CCCCCCCCCCCCCCCCCC(=O)OCCOC(C)C. The van der Waals surface area contributed by atoms with Gasteiger partial charge in [-0.3, -0.25) is 4.79 Å². The van der Waals surface area contributed by atoms with Crippen LogP contribution in [-0.2, 0) is 14.3 Å². The van der Waals surface area contributed by atoms with Gasteiger partial charge in [-0.2, -0.15) is 0 Å². The fourth-order valence-corrected chi connectivity index (χ4v) is 3.15. The fourth-order valence-electron chi connectivity index (χ4n) is 3.15. The maximum atomic E-state index is 11.5. The molecular weight excluding hydrogens is 324 g/mol. The third-order valence-corrected chi connectivity index (χ3v) is 4.78.